The van der Waals surface area contributed by atoms with Crippen LogP contribution in [-0.4, -0.2) is 60.2 Å². The van der Waals surface area contributed by atoms with Crippen LogP contribution in [0.1, 0.15) is 168 Å². The normalized spacial score (nSPS) is 18.0. The Morgan fingerprint density at radius 2 is 1.28 bits per heavy atom. The van der Waals surface area contributed by atoms with E-state index in [2.05, 4.69) is 12.2 Å². The maximum Gasteiger partial charge on any atom is 0.339 e. The average molecular weight is 624 g/mol. The molecule has 43 heavy (non-hydrogen) atoms. The molecule has 1 fully saturated rings. The molecule has 0 radical (unpaired) electrons. The molecule has 4 atom stereocenters. The van der Waals surface area contributed by atoms with Gasteiger partial charge in [-0.05, 0) is 43.6 Å². The van der Waals surface area contributed by atoms with Gasteiger partial charge in [0.2, 0.25) is 0 Å². The third kappa shape index (κ3) is 15.9. The van der Waals surface area contributed by atoms with Crippen molar-refractivity contribution in [1.29, 1.82) is 0 Å². The highest BCUT2D eigenvalue weighted by molar-refractivity contribution is 7.12. The van der Waals surface area contributed by atoms with E-state index in [1.165, 1.54) is 95.5 Å². The van der Waals surface area contributed by atoms with E-state index in [0.717, 1.165) is 64.2 Å². The van der Waals surface area contributed by atoms with Crippen LogP contribution in [0.4, 0.5) is 0 Å². The van der Waals surface area contributed by atoms with Crippen LogP contribution >= 0.6 is 11.3 Å². The quantitative estimate of drug-likeness (QED) is 0.0708. The summed E-state index contributed by atoms with van der Waals surface area (Å²) in [7, 11) is 1.32. The van der Waals surface area contributed by atoms with E-state index in [0.29, 0.717) is 17.0 Å². The fourth-order valence-electron chi connectivity index (χ4n) is 6.05. The summed E-state index contributed by atoms with van der Waals surface area (Å²) in [5.74, 6) is -0.692. The monoisotopic (exact) mass is 623 g/mol. The Hall–Kier alpha value is -1.48. The number of thiophene rings is 1. The van der Waals surface area contributed by atoms with Gasteiger partial charge in [0.05, 0.1) is 37.1 Å². The van der Waals surface area contributed by atoms with Gasteiger partial charge < -0.3 is 25.0 Å². The molecule has 0 saturated carbocycles. The lowest BCUT2D eigenvalue weighted by atomic mass is 10.00. The lowest BCUT2D eigenvalue weighted by Crippen LogP contribution is -2.31. The van der Waals surface area contributed by atoms with Crippen LogP contribution < -0.4 is 5.32 Å². The van der Waals surface area contributed by atoms with Gasteiger partial charge >= 0.3 is 5.97 Å². The number of aliphatic hydroxyl groups is 2. The Balaban J connectivity index is 1.39. The molecule has 1 amide bonds. The molecular formula is C35H61NO6S. The zero-order chi connectivity index (χ0) is 31.1. The maximum absolute atomic E-state index is 12.3. The number of ether oxygens (including phenoxy) is 2. The maximum atomic E-state index is 12.3. The first-order valence-electron chi connectivity index (χ1n) is 17.4. The van der Waals surface area contributed by atoms with Crippen molar-refractivity contribution in [1.82, 2.24) is 5.32 Å². The van der Waals surface area contributed by atoms with Crippen molar-refractivity contribution in [2.24, 2.45) is 0 Å². The van der Waals surface area contributed by atoms with Crippen molar-refractivity contribution < 1.29 is 29.3 Å². The van der Waals surface area contributed by atoms with Crippen LogP contribution in [-0.2, 0) is 9.47 Å². The molecule has 2 heterocycles. The van der Waals surface area contributed by atoms with Gasteiger partial charge in [0.15, 0.2) is 0 Å². The fourth-order valence-corrected chi connectivity index (χ4v) is 6.84. The molecule has 0 aliphatic carbocycles. The highest BCUT2D eigenvalue weighted by atomic mass is 32.1. The number of unbranched alkanes of at least 4 members (excludes halogenated alkanes) is 16. The molecule has 1 aromatic rings. The molecule has 1 saturated heterocycles. The fraction of sp³-hybridized carbons (Fsp3) is 0.829. The SMILES string of the molecule is CCCCCCCCCCCC[C@@H](O)[C@H]1CC[C@H]([C@H](O)CCCCCCCCCCNC(=O)c2sccc2C(=O)OC)O1. The Labute approximate surface area is 265 Å². The van der Waals surface area contributed by atoms with Gasteiger partial charge in [-0.15, -0.1) is 11.3 Å². The second-order valence-corrected chi connectivity index (χ2v) is 13.3. The number of amides is 1. The predicted molar refractivity (Wildman–Crippen MR) is 176 cm³/mol. The van der Waals surface area contributed by atoms with E-state index in [1.54, 1.807) is 11.4 Å². The number of methoxy groups -OCH3 is 1. The number of aliphatic hydroxyl groups excluding tert-OH is 2. The highest BCUT2D eigenvalue weighted by Gasteiger charge is 2.34. The number of nitrogens with one attached hydrogen (secondary N) is 1. The van der Waals surface area contributed by atoms with Crippen molar-refractivity contribution >= 4 is 23.2 Å². The van der Waals surface area contributed by atoms with E-state index >= 15 is 0 Å². The van der Waals surface area contributed by atoms with Crippen molar-refractivity contribution in [3.63, 3.8) is 0 Å². The van der Waals surface area contributed by atoms with E-state index in [-0.39, 0.29) is 18.1 Å². The number of carbonyl (C=O) groups is 2. The number of hydrogen-bond acceptors (Lipinski definition) is 7. The second kappa shape index (κ2) is 23.8. The topological polar surface area (TPSA) is 105 Å². The van der Waals surface area contributed by atoms with Crippen molar-refractivity contribution in [3.8, 4) is 0 Å². The van der Waals surface area contributed by atoms with Crippen molar-refractivity contribution in [3.05, 3.63) is 21.9 Å². The molecule has 3 N–H and O–H groups in total. The third-order valence-electron chi connectivity index (χ3n) is 8.79. The van der Waals surface area contributed by atoms with Gasteiger partial charge in [0.25, 0.3) is 5.91 Å². The molecule has 2 rings (SSSR count). The Morgan fingerprint density at radius 3 is 1.77 bits per heavy atom. The van der Waals surface area contributed by atoms with Crippen LogP contribution in [0, 0.1) is 0 Å². The first-order chi connectivity index (χ1) is 21.0. The number of carbonyl (C=O) groups excluding carboxylic acids is 2. The largest absolute Gasteiger partial charge is 0.465 e. The first-order valence-corrected chi connectivity index (χ1v) is 18.3. The molecular weight excluding hydrogens is 562 g/mol. The number of esters is 1. The molecule has 0 aromatic carbocycles. The summed E-state index contributed by atoms with van der Waals surface area (Å²) < 4.78 is 10.8. The minimum atomic E-state index is -0.480. The van der Waals surface area contributed by atoms with Crippen LogP contribution in [0.25, 0.3) is 0 Å². The third-order valence-corrected chi connectivity index (χ3v) is 9.70. The summed E-state index contributed by atoms with van der Waals surface area (Å²) >= 11 is 1.25. The molecule has 0 bridgehead atoms. The van der Waals surface area contributed by atoms with Gasteiger partial charge in [-0.2, -0.15) is 0 Å². The molecule has 1 aliphatic heterocycles. The van der Waals surface area contributed by atoms with Crippen LogP contribution in [0.5, 0.6) is 0 Å². The van der Waals surface area contributed by atoms with Crippen LogP contribution in [0.2, 0.25) is 0 Å². The van der Waals surface area contributed by atoms with Gasteiger partial charge in [-0.1, -0.05) is 116 Å². The van der Waals surface area contributed by atoms with Gasteiger partial charge in [-0.3, -0.25) is 4.79 Å². The Bertz CT molecular complexity index is 861. The summed E-state index contributed by atoms with van der Waals surface area (Å²) in [5, 5.41) is 25.9. The lowest BCUT2D eigenvalue weighted by molar-refractivity contribution is -0.0786. The minimum absolute atomic E-state index is 0.112. The van der Waals surface area contributed by atoms with E-state index < -0.39 is 18.2 Å². The summed E-state index contributed by atoms with van der Waals surface area (Å²) in [6.45, 7) is 2.87. The molecule has 248 valence electrons. The van der Waals surface area contributed by atoms with E-state index in [4.69, 9.17) is 9.47 Å². The lowest BCUT2D eigenvalue weighted by Gasteiger charge is -2.22. The summed E-state index contributed by atoms with van der Waals surface area (Å²) in [5.41, 5.74) is 0.325. The Morgan fingerprint density at radius 1 is 0.814 bits per heavy atom. The summed E-state index contributed by atoms with van der Waals surface area (Å²) in [4.78, 5) is 24.5. The summed E-state index contributed by atoms with van der Waals surface area (Å²) in [6, 6.07) is 1.62. The standard InChI is InChI=1S/C35H61NO6S/c1-3-4-5-6-7-8-9-12-15-18-21-29(37)31-23-24-32(42-31)30(38)22-19-16-13-10-11-14-17-20-26-36-34(39)33-28(25-27-43-33)35(40)41-2/h25,27,29-32,37-38H,3-24,26H2,1-2H3,(H,36,39)/t29-,30-,31-,32-/m1/s1. The molecule has 1 aromatic heterocycles. The highest BCUT2D eigenvalue weighted by Crippen LogP contribution is 2.28. The van der Waals surface area contributed by atoms with Gasteiger partial charge in [0.1, 0.15) is 4.88 Å². The van der Waals surface area contributed by atoms with Crippen LogP contribution in [0.3, 0.4) is 0 Å². The van der Waals surface area contributed by atoms with Gasteiger partial charge in [-0.25, -0.2) is 4.79 Å². The summed E-state index contributed by atoms with van der Waals surface area (Å²) in [6.07, 6.45) is 24.0. The zero-order valence-corrected chi connectivity index (χ0v) is 28.0. The second-order valence-electron chi connectivity index (χ2n) is 12.4. The number of rotatable bonds is 26. The predicted octanol–water partition coefficient (Wildman–Crippen LogP) is 8.36. The molecule has 8 heteroatoms. The van der Waals surface area contributed by atoms with E-state index in [1.807, 2.05) is 0 Å². The molecule has 0 unspecified atom stereocenters. The smallest absolute Gasteiger partial charge is 0.339 e. The minimum Gasteiger partial charge on any atom is -0.465 e. The average Bonchev–Trinajstić information content (AvgIpc) is 3.71. The van der Waals surface area contributed by atoms with E-state index in [9.17, 15) is 19.8 Å². The number of hydrogen-bond donors (Lipinski definition) is 3. The van der Waals surface area contributed by atoms with Crippen molar-refractivity contribution in [2.45, 2.75) is 173 Å². The Kier molecular flexibility index (Phi) is 20.9. The molecule has 1 aliphatic rings. The van der Waals surface area contributed by atoms with Crippen molar-refractivity contribution in [2.75, 3.05) is 13.7 Å². The molecule has 0 spiro atoms. The zero-order valence-electron chi connectivity index (χ0n) is 27.2. The molecule has 7 nitrogen and oxygen atoms in total. The first kappa shape index (κ1) is 37.7. The van der Waals surface area contributed by atoms with Gasteiger partial charge in [0, 0.05) is 6.54 Å². The van der Waals surface area contributed by atoms with Crippen LogP contribution in [0.15, 0.2) is 11.4 Å².